The summed E-state index contributed by atoms with van der Waals surface area (Å²) in [5, 5.41) is 0.325. The van der Waals surface area contributed by atoms with Crippen LogP contribution in [0.5, 0.6) is 0 Å². The third-order valence-electron chi connectivity index (χ3n) is 4.67. The van der Waals surface area contributed by atoms with Gasteiger partial charge < -0.3 is 9.16 Å². The van der Waals surface area contributed by atoms with Crippen molar-refractivity contribution in [2.75, 3.05) is 6.61 Å². The van der Waals surface area contributed by atoms with E-state index >= 15 is 0 Å². The zero-order valence-corrected chi connectivity index (χ0v) is 12.4. The molecule has 0 spiro atoms. The Morgan fingerprint density at radius 2 is 1.88 bits per heavy atom. The van der Waals surface area contributed by atoms with Gasteiger partial charge in [0.1, 0.15) is 0 Å². The summed E-state index contributed by atoms with van der Waals surface area (Å²) in [6.45, 7) is 12.6. The highest BCUT2D eigenvalue weighted by Gasteiger charge is 2.44. The van der Waals surface area contributed by atoms with Gasteiger partial charge in [-0.3, -0.25) is 0 Å². The molecular formula is C13H26O2Si. The standard InChI is InChI=1S/C13H26O2Si/c1-13(2,3)16(4,5)15-11-8-10-6-7-14-12(10)9-11/h10-12H,6-9H2,1-5H3/t10?,11-,12-/m1/s1. The van der Waals surface area contributed by atoms with E-state index in [1.54, 1.807) is 0 Å². The summed E-state index contributed by atoms with van der Waals surface area (Å²) in [5.41, 5.74) is 0. The van der Waals surface area contributed by atoms with E-state index in [1.165, 1.54) is 12.8 Å². The molecule has 1 saturated carbocycles. The molecule has 2 nitrogen and oxygen atoms in total. The molecule has 0 amide bonds. The SMILES string of the molecule is CC(C)(C)[Si](C)(C)O[C@@H]1CC2CCO[C@@H]2C1. The Morgan fingerprint density at radius 1 is 1.19 bits per heavy atom. The van der Waals surface area contributed by atoms with Gasteiger partial charge in [0.2, 0.25) is 0 Å². The average Bonchev–Trinajstić information content (AvgIpc) is 2.59. The van der Waals surface area contributed by atoms with Gasteiger partial charge in [-0.15, -0.1) is 0 Å². The van der Waals surface area contributed by atoms with E-state index in [2.05, 4.69) is 33.9 Å². The van der Waals surface area contributed by atoms with Crippen LogP contribution in [-0.2, 0) is 9.16 Å². The summed E-state index contributed by atoms with van der Waals surface area (Å²) >= 11 is 0. The van der Waals surface area contributed by atoms with E-state index in [4.69, 9.17) is 9.16 Å². The molecule has 0 N–H and O–H groups in total. The molecule has 3 atom stereocenters. The summed E-state index contributed by atoms with van der Waals surface area (Å²) in [6, 6.07) is 0. The average molecular weight is 242 g/mol. The van der Waals surface area contributed by atoms with Gasteiger partial charge in [0.15, 0.2) is 8.32 Å². The van der Waals surface area contributed by atoms with E-state index in [1.807, 2.05) is 0 Å². The molecule has 0 aromatic carbocycles. The molecule has 1 unspecified atom stereocenters. The number of rotatable bonds is 2. The highest BCUT2D eigenvalue weighted by atomic mass is 28.4. The van der Waals surface area contributed by atoms with Gasteiger partial charge in [0.05, 0.1) is 6.10 Å². The summed E-state index contributed by atoms with van der Waals surface area (Å²) in [4.78, 5) is 0. The van der Waals surface area contributed by atoms with Gasteiger partial charge >= 0.3 is 0 Å². The van der Waals surface area contributed by atoms with Crippen LogP contribution in [0.2, 0.25) is 18.1 Å². The van der Waals surface area contributed by atoms with Crippen LogP contribution in [0.25, 0.3) is 0 Å². The minimum absolute atomic E-state index is 0.325. The van der Waals surface area contributed by atoms with E-state index in [9.17, 15) is 0 Å². The number of fused-ring (bicyclic) bond motifs is 1. The Labute approximate surface area is 101 Å². The zero-order valence-electron chi connectivity index (χ0n) is 11.4. The Morgan fingerprint density at radius 3 is 2.44 bits per heavy atom. The maximum atomic E-state index is 6.46. The fraction of sp³-hybridized carbons (Fsp3) is 1.00. The molecular weight excluding hydrogens is 216 g/mol. The molecule has 1 saturated heterocycles. The van der Waals surface area contributed by atoms with Gasteiger partial charge in [-0.25, -0.2) is 0 Å². The second-order valence-corrected chi connectivity index (χ2v) is 11.7. The van der Waals surface area contributed by atoms with Crippen molar-refractivity contribution in [1.29, 1.82) is 0 Å². The largest absolute Gasteiger partial charge is 0.414 e. The monoisotopic (exact) mass is 242 g/mol. The lowest BCUT2D eigenvalue weighted by Crippen LogP contribution is -2.43. The quantitative estimate of drug-likeness (QED) is 0.689. The maximum absolute atomic E-state index is 6.46. The number of hydrogen-bond donors (Lipinski definition) is 0. The first kappa shape index (κ1) is 12.6. The predicted molar refractivity (Wildman–Crippen MR) is 69.2 cm³/mol. The Bertz CT molecular complexity index is 245. The molecule has 0 aromatic heterocycles. The molecule has 0 bridgehead atoms. The summed E-state index contributed by atoms with van der Waals surface area (Å²) in [7, 11) is -1.57. The minimum atomic E-state index is -1.57. The van der Waals surface area contributed by atoms with Crippen LogP contribution in [0.1, 0.15) is 40.0 Å². The van der Waals surface area contributed by atoms with Crippen LogP contribution < -0.4 is 0 Å². The smallest absolute Gasteiger partial charge is 0.192 e. The molecule has 0 radical (unpaired) electrons. The molecule has 2 aliphatic rings. The van der Waals surface area contributed by atoms with Crippen LogP contribution in [0.3, 0.4) is 0 Å². The molecule has 0 aromatic rings. The molecule has 1 aliphatic carbocycles. The molecule has 2 fully saturated rings. The summed E-state index contributed by atoms with van der Waals surface area (Å²) in [6.07, 6.45) is 4.60. The Kier molecular flexibility index (Phi) is 3.23. The molecule has 3 heteroatoms. The fourth-order valence-corrected chi connectivity index (χ4v) is 3.98. The van der Waals surface area contributed by atoms with Gasteiger partial charge in [0.25, 0.3) is 0 Å². The molecule has 2 rings (SSSR count). The van der Waals surface area contributed by atoms with Crippen molar-refractivity contribution >= 4 is 8.32 Å². The lowest BCUT2D eigenvalue weighted by Gasteiger charge is -2.38. The normalized spacial score (nSPS) is 35.4. The third-order valence-corrected chi connectivity index (χ3v) is 9.21. The van der Waals surface area contributed by atoms with Crippen molar-refractivity contribution in [2.45, 2.75) is 70.4 Å². The van der Waals surface area contributed by atoms with Crippen molar-refractivity contribution in [3.05, 3.63) is 0 Å². The first-order valence-corrected chi connectivity index (χ1v) is 9.50. The van der Waals surface area contributed by atoms with E-state index in [0.29, 0.717) is 17.2 Å². The van der Waals surface area contributed by atoms with Gasteiger partial charge in [-0.2, -0.15) is 0 Å². The van der Waals surface area contributed by atoms with Crippen LogP contribution in [0, 0.1) is 5.92 Å². The number of ether oxygens (including phenoxy) is 1. The van der Waals surface area contributed by atoms with Crippen LogP contribution in [0.15, 0.2) is 0 Å². The van der Waals surface area contributed by atoms with Crippen molar-refractivity contribution in [3.8, 4) is 0 Å². The minimum Gasteiger partial charge on any atom is -0.414 e. The van der Waals surface area contributed by atoms with Crippen LogP contribution in [0.4, 0.5) is 0 Å². The molecule has 1 aliphatic heterocycles. The Hall–Kier alpha value is 0.137. The molecule has 1 heterocycles. The summed E-state index contributed by atoms with van der Waals surface area (Å²) in [5.74, 6) is 0.787. The molecule has 16 heavy (non-hydrogen) atoms. The predicted octanol–water partition coefficient (Wildman–Crippen LogP) is 3.58. The maximum Gasteiger partial charge on any atom is 0.192 e. The van der Waals surface area contributed by atoms with Gasteiger partial charge in [0, 0.05) is 12.7 Å². The van der Waals surface area contributed by atoms with Crippen molar-refractivity contribution in [1.82, 2.24) is 0 Å². The van der Waals surface area contributed by atoms with Crippen LogP contribution >= 0.6 is 0 Å². The highest BCUT2D eigenvalue weighted by Crippen LogP contribution is 2.43. The van der Waals surface area contributed by atoms with Crippen molar-refractivity contribution < 1.29 is 9.16 Å². The van der Waals surface area contributed by atoms with Gasteiger partial charge in [-0.1, -0.05) is 20.8 Å². The van der Waals surface area contributed by atoms with Gasteiger partial charge in [-0.05, 0) is 43.3 Å². The lowest BCUT2D eigenvalue weighted by molar-refractivity contribution is 0.0844. The highest BCUT2D eigenvalue weighted by molar-refractivity contribution is 6.74. The third kappa shape index (κ3) is 2.36. The first-order valence-electron chi connectivity index (χ1n) is 6.59. The second-order valence-electron chi connectivity index (χ2n) is 6.93. The summed E-state index contributed by atoms with van der Waals surface area (Å²) < 4.78 is 12.2. The van der Waals surface area contributed by atoms with Crippen molar-refractivity contribution in [2.24, 2.45) is 5.92 Å². The fourth-order valence-electron chi connectivity index (χ4n) is 2.61. The zero-order chi connectivity index (χ0) is 12.0. The first-order chi connectivity index (χ1) is 7.29. The topological polar surface area (TPSA) is 18.5 Å². The Balaban J connectivity index is 1.92. The van der Waals surface area contributed by atoms with E-state index < -0.39 is 8.32 Å². The second kappa shape index (κ2) is 4.11. The lowest BCUT2D eigenvalue weighted by atomic mass is 10.1. The van der Waals surface area contributed by atoms with Crippen molar-refractivity contribution in [3.63, 3.8) is 0 Å². The van der Waals surface area contributed by atoms with Crippen LogP contribution in [-0.4, -0.2) is 27.1 Å². The number of hydrogen-bond acceptors (Lipinski definition) is 2. The molecule has 94 valence electrons. The van der Waals surface area contributed by atoms with E-state index in [0.717, 1.165) is 18.9 Å². The van der Waals surface area contributed by atoms with E-state index in [-0.39, 0.29) is 0 Å².